The fourth-order valence-corrected chi connectivity index (χ4v) is 19.5. The van der Waals surface area contributed by atoms with Gasteiger partial charge in [-0.3, -0.25) is 0 Å². The number of rotatable bonds is 15. The van der Waals surface area contributed by atoms with Crippen molar-refractivity contribution < 1.29 is 0 Å². The lowest BCUT2D eigenvalue weighted by atomic mass is 9.83. The van der Waals surface area contributed by atoms with E-state index in [-0.39, 0.29) is 0 Å². The zero-order valence-corrected chi connectivity index (χ0v) is 55.1. The molecule has 5 atom stereocenters. The van der Waals surface area contributed by atoms with Crippen molar-refractivity contribution in [2.75, 3.05) is 9.80 Å². The minimum absolute atomic E-state index is 0.315. The molecule has 6 heteroatoms. The number of benzene rings is 8. The van der Waals surface area contributed by atoms with Crippen molar-refractivity contribution in [1.82, 2.24) is 0 Å². The molecule has 8 aromatic rings. The van der Waals surface area contributed by atoms with Gasteiger partial charge < -0.3 is 9.80 Å². The maximum Gasteiger partial charge on any atom is 0.0776 e. The van der Waals surface area contributed by atoms with Gasteiger partial charge >= 0.3 is 0 Å². The van der Waals surface area contributed by atoms with Crippen LogP contribution in [0.15, 0.2) is 121 Å². The van der Waals surface area contributed by atoms with Gasteiger partial charge in [0.05, 0.1) is 35.6 Å². The quantitative estimate of drug-likeness (QED) is 0.0746. The first-order valence-electron chi connectivity index (χ1n) is 30.6. The van der Waals surface area contributed by atoms with E-state index in [9.17, 15) is 0 Å². The largest absolute Gasteiger partial charge is 0.310 e. The molecule has 0 amide bonds. The van der Waals surface area contributed by atoms with Crippen molar-refractivity contribution in [3.63, 3.8) is 0 Å². The first-order chi connectivity index (χ1) is 36.7. The number of hydrogen-bond donors (Lipinski definition) is 0. The third kappa shape index (κ3) is 10.5. The molecule has 11 rings (SSSR count). The molecule has 0 N–H and O–H groups in total. The number of hydrogen-bond acceptors (Lipinski definition) is 2. The Labute approximate surface area is 475 Å². The second-order valence-electron chi connectivity index (χ2n) is 30.1. The van der Waals surface area contributed by atoms with E-state index in [0.717, 1.165) is 23.7 Å². The molecule has 3 aliphatic rings. The van der Waals surface area contributed by atoms with Gasteiger partial charge in [0.15, 0.2) is 0 Å². The molecule has 3 aliphatic carbocycles. The third-order valence-electron chi connectivity index (χ3n) is 19.3. The molecular formula is C72H94N2Si4-. The number of nitrogens with zero attached hydrogens (tertiary/aromatic N) is 2. The van der Waals surface area contributed by atoms with Crippen molar-refractivity contribution in [2.24, 2.45) is 23.7 Å². The van der Waals surface area contributed by atoms with Crippen LogP contribution in [0.3, 0.4) is 0 Å². The van der Waals surface area contributed by atoms with E-state index in [0.29, 0.717) is 17.8 Å². The Hall–Kier alpha value is -4.73. The van der Waals surface area contributed by atoms with Crippen molar-refractivity contribution in [2.45, 2.75) is 182 Å². The zero-order valence-electron chi connectivity index (χ0n) is 51.1. The van der Waals surface area contributed by atoms with Gasteiger partial charge in [-0.15, -0.1) is 8.07 Å². The van der Waals surface area contributed by atoms with E-state index >= 15 is 0 Å². The fraction of sp³-hybridized carbons (Fsp3) is 0.444. The first-order valence-corrected chi connectivity index (χ1v) is 44.6. The summed E-state index contributed by atoms with van der Waals surface area (Å²) >= 11 is 0. The monoisotopic (exact) mass is 1100 g/mol. The molecular weight excluding hydrogens is 1010 g/mol. The lowest BCUT2D eigenvalue weighted by Crippen LogP contribution is -2.45. The molecule has 2 nitrogen and oxygen atoms in total. The fourth-order valence-electron chi connectivity index (χ4n) is 14.5. The van der Waals surface area contributed by atoms with Gasteiger partial charge in [-0.1, -0.05) is 189 Å². The Bertz CT molecular complexity index is 3440. The second-order valence-corrected chi connectivity index (χ2v) is 50.4. The van der Waals surface area contributed by atoms with E-state index in [1.165, 1.54) is 134 Å². The minimum atomic E-state index is -1.73. The lowest BCUT2D eigenvalue weighted by molar-refractivity contribution is 0.420. The van der Waals surface area contributed by atoms with E-state index < -0.39 is 32.3 Å². The van der Waals surface area contributed by atoms with Gasteiger partial charge in [-0.25, -0.2) is 0 Å². The summed E-state index contributed by atoms with van der Waals surface area (Å²) in [5, 5.41) is 14.4. The zero-order chi connectivity index (χ0) is 55.5. The summed E-state index contributed by atoms with van der Waals surface area (Å²) in [4.78, 5) is 5.40. The highest BCUT2D eigenvalue weighted by atomic mass is 28.3. The Balaban J connectivity index is 1.20. The maximum absolute atomic E-state index is 2.71. The smallest absolute Gasteiger partial charge is 0.0776 e. The molecule has 3 saturated carbocycles. The molecule has 8 aromatic carbocycles. The second kappa shape index (κ2) is 20.4. The van der Waals surface area contributed by atoms with Crippen LogP contribution >= 0.6 is 0 Å². The Morgan fingerprint density at radius 2 is 0.949 bits per heavy atom. The van der Waals surface area contributed by atoms with Gasteiger partial charge in [-0.2, -0.15) is 24.8 Å². The molecule has 0 aromatic heterocycles. The SMILES string of the molecule is CC1CCC(Cc2ccc(N(c3cc([Si](C)(C)C)cc([Si](C)(C)C)c3)c3cc(C(C)C)c4ccc5c(N(c6ccc(C7CC8CCC7C8)cc6)c6cc([Si](C)(C)C)cc([Si-](C)(C)C)c6)cc(C(C)C)c6ccc3c4c65)cc2)C1. The van der Waals surface area contributed by atoms with Crippen LogP contribution in [0.4, 0.5) is 34.1 Å². The molecule has 0 spiro atoms. The molecule has 2 bridgehead atoms. The molecule has 5 unspecified atom stereocenters. The Kier molecular flexibility index (Phi) is 14.4. The highest BCUT2D eigenvalue weighted by Crippen LogP contribution is 2.54. The predicted octanol–water partition coefficient (Wildman–Crippen LogP) is 19.8. The van der Waals surface area contributed by atoms with E-state index in [1.807, 2.05) is 0 Å². The summed E-state index contributed by atoms with van der Waals surface area (Å²) < 4.78 is 0. The summed E-state index contributed by atoms with van der Waals surface area (Å²) in [5.74, 6) is 4.73. The number of fused-ring (bicyclic) bond motifs is 2. The van der Waals surface area contributed by atoms with E-state index in [4.69, 9.17) is 0 Å². The maximum atomic E-state index is 2.71. The molecule has 0 aliphatic heterocycles. The summed E-state index contributed by atoms with van der Waals surface area (Å²) in [6, 6.07) is 50.8. The van der Waals surface area contributed by atoms with Crippen LogP contribution in [0.1, 0.15) is 120 Å². The van der Waals surface area contributed by atoms with Crippen LogP contribution in [0, 0.1) is 23.7 Å². The van der Waals surface area contributed by atoms with Gasteiger partial charge in [0.1, 0.15) is 0 Å². The van der Waals surface area contributed by atoms with Crippen LogP contribution in [0.2, 0.25) is 78.6 Å². The average Bonchev–Trinajstić information content (AvgIpc) is 4.14. The standard InChI is InChI=1S/C72H94N2Si4/c1-46(2)66-44-69(73(54-26-21-49(22-27-54)35-50-19-18-48(5)34-50)56-38-58(75(6,7)8)42-59(39-56)76(9,10)11)64-32-30-63-67(47(3)4)45-70(65-33-31-62(66)71(64)72(63)65)74(57-40-60(77(12,13)14)43-61(41-57)78(15,16)17)55-28-24-52(25-29-55)68-37-51-20-23-53(68)36-51/h21-22,24-33,38-48,50-51,53,68H,18-20,23,34-37H2,1-17H3/q-1. The van der Waals surface area contributed by atoms with Gasteiger partial charge in [0.2, 0.25) is 0 Å². The summed E-state index contributed by atoms with van der Waals surface area (Å²) in [5.41, 5.74) is 13.6. The topological polar surface area (TPSA) is 6.48 Å². The van der Waals surface area contributed by atoms with Gasteiger partial charge in [-0.05, 0) is 178 Å². The van der Waals surface area contributed by atoms with Crippen LogP contribution in [-0.4, -0.2) is 32.3 Å². The van der Waals surface area contributed by atoms with Crippen molar-refractivity contribution >= 4 is 119 Å². The van der Waals surface area contributed by atoms with Crippen LogP contribution in [-0.2, 0) is 6.42 Å². The van der Waals surface area contributed by atoms with Crippen molar-refractivity contribution in [3.05, 3.63) is 144 Å². The predicted molar refractivity (Wildman–Crippen MR) is 358 cm³/mol. The highest BCUT2D eigenvalue weighted by Gasteiger charge is 2.40. The molecule has 0 heterocycles. The first kappa shape index (κ1) is 55.2. The molecule has 3 fully saturated rings. The molecule has 0 radical (unpaired) electrons. The molecule has 78 heavy (non-hydrogen) atoms. The van der Waals surface area contributed by atoms with Crippen molar-refractivity contribution in [1.29, 1.82) is 0 Å². The van der Waals surface area contributed by atoms with Gasteiger partial charge in [0, 0.05) is 33.5 Å². The minimum Gasteiger partial charge on any atom is -0.310 e. The highest BCUT2D eigenvalue weighted by molar-refractivity contribution is 6.92. The van der Waals surface area contributed by atoms with E-state index in [1.54, 1.807) is 26.3 Å². The van der Waals surface area contributed by atoms with Crippen molar-refractivity contribution in [3.8, 4) is 0 Å². The summed E-state index contributed by atoms with van der Waals surface area (Å²) in [6.07, 6.45) is 10.9. The Morgan fingerprint density at radius 1 is 0.474 bits per heavy atom. The Morgan fingerprint density at radius 3 is 1.37 bits per heavy atom. The average molecular weight is 1100 g/mol. The number of anilines is 6. The molecule has 409 valence electrons. The van der Waals surface area contributed by atoms with Crippen LogP contribution in [0.5, 0.6) is 0 Å². The normalized spacial score (nSPS) is 20.2. The lowest BCUT2D eigenvalue weighted by Gasteiger charge is -2.36. The van der Waals surface area contributed by atoms with E-state index in [2.05, 4.69) is 244 Å². The molecule has 0 saturated heterocycles. The van der Waals surface area contributed by atoms with Crippen LogP contribution < -0.4 is 30.5 Å². The third-order valence-corrected chi connectivity index (χ3v) is 27.4. The summed E-state index contributed by atoms with van der Waals surface area (Å²) in [6.45, 7) is 42.5. The van der Waals surface area contributed by atoms with Gasteiger partial charge in [0.25, 0.3) is 0 Å². The summed E-state index contributed by atoms with van der Waals surface area (Å²) in [7, 11) is -6.92. The van der Waals surface area contributed by atoms with Crippen LogP contribution in [0.25, 0.3) is 32.3 Å².